The topological polar surface area (TPSA) is 33.5 Å². The Morgan fingerprint density at radius 3 is 2.68 bits per heavy atom. The van der Waals surface area contributed by atoms with Crippen LogP contribution in [0.5, 0.6) is 0 Å². The molecule has 0 N–H and O–H groups in total. The zero-order valence-corrected chi connectivity index (χ0v) is 17.3. The lowest BCUT2D eigenvalue weighted by Crippen LogP contribution is -2.27. The quantitative estimate of drug-likeness (QED) is 0.331. The number of hydrogen-bond donors (Lipinski definition) is 0. The number of rotatable bonds is 4. The van der Waals surface area contributed by atoms with Gasteiger partial charge in [0, 0.05) is 11.0 Å². The number of carbonyl (C=O) groups is 1. The Hall–Kier alpha value is -2.06. The predicted octanol–water partition coefficient (Wildman–Crippen LogP) is 6.63. The van der Waals surface area contributed by atoms with Crippen LogP contribution in [0.4, 0.5) is 10.1 Å². The molecule has 28 heavy (non-hydrogen) atoms. The number of hydrogen-bond acceptors (Lipinski definition) is 5. The van der Waals surface area contributed by atoms with Crippen LogP contribution in [0, 0.1) is 5.82 Å². The highest BCUT2D eigenvalue weighted by Crippen LogP contribution is 2.38. The summed E-state index contributed by atoms with van der Waals surface area (Å²) in [6.45, 7) is 0. The average Bonchev–Trinajstić information content (AvgIpc) is 3.22. The van der Waals surface area contributed by atoms with Crippen LogP contribution in [0.3, 0.4) is 0 Å². The van der Waals surface area contributed by atoms with Gasteiger partial charge in [0.2, 0.25) is 0 Å². The van der Waals surface area contributed by atoms with E-state index in [0.717, 1.165) is 21.7 Å². The number of carbonyl (C=O) groups excluding carboxylic acids is 1. The molecule has 3 aromatic rings. The fourth-order valence-electron chi connectivity index (χ4n) is 2.52. The van der Waals surface area contributed by atoms with Gasteiger partial charge in [-0.3, -0.25) is 9.69 Å². The van der Waals surface area contributed by atoms with E-state index in [1.165, 1.54) is 34.9 Å². The lowest BCUT2D eigenvalue weighted by molar-refractivity contribution is -0.113. The highest BCUT2D eigenvalue weighted by Gasteiger charge is 2.33. The van der Waals surface area contributed by atoms with E-state index in [1.54, 1.807) is 12.1 Å². The second-order valence-corrected chi connectivity index (χ2v) is 8.85. The number of nitrogens with zero attached hydrogens (tertiary/aromatic N) is 1. The average molecular weight is 448 g/mol. The van der Waals surface area contributed by atoms with E-state index in [2.05, 4.69) is 0 Å². The summed E-state index contributed by atoms with van der Waals surface area (Å²) in [5, 5.41) is 0.655. The Morgan fingerprint density at radius 1 is 1.14 bits per heavy atom. The van der Waals surface area contributed by atoms with E-state index in [1.807, 2.05) is 36.4 Å². The summed E-state index contributed by atoms with van der Waals surface area (Å²) in [6.07, 6.45) is 1.65. The minimum atomic E-state index is -0.551. The molecule has 0 spiro atoms. The molecule has 0 atom stereocenters. The van der Waals surface area contributed by atoms with E-state index in [-0.39, 0.29) is 10.9 Å². The van der Waals surface area contributed by atoms with Crippen LogP contribution < -0.4 is 4.90 Å². The van der Waals surface area contributed by atoms with Crippen molar-refractivity contribution >= 4 is 69.3 Å². The van der Waals surface area contributed by atoms with Crippen molar-refractivity contribution in [3.8, 4) is 0 Å². The van der Waals surface area contributed by atoms with Crippen LogP contribution in [0.15, 0.2) is 80.0 Å². The molecular weight excluding hydrogens is 437 g/mol. The number of amides is 1. The van der Waals surface area contributed by atoms with Crippen LogP contribution in [0.1, 0.15) is 5.76 Å². The first kappa shape index (κ1) is 19.3. The minimum absolute atomic E-state index is 0.0656. The number of thiocarbonyl (C=S) groups is 1. The van der Waals surface area contributed by atoms with Gasteiger partial charge in [-0.05, 0) is 42.5 Å². The van der Waals surface area contributed by atoms with Crippen LogP contribution in [0.25, 0.3) is 6.08 Å². The Kier molecular flexibility index (Phi) is 5.59. The summed E-state index contributed by atoms with van der Waals surface area (Å²) in [5.74, 6) is -0.298. The largest absolute Gasteiger partial charge is 0.450 e. The molecule has 1 amide bonds. The van der Waals surface area contributed by atoms with Crippen LogP contribution in [-0.4, -0.2) is 10.2 Å². The molecule has 8 heteroatoms. The number of furan rings is 1. The van der Waals surface area contributed by atoms with Crippen molar-refractivity contribution in [1.29, 1.82) is 0 Å². The molecular formula is C20H11ClFNO2S3. The number of halogens is 2. The lowest BCUT2D eigenvalue weighted by Gasteiger charge is -2.14. The first-order valence-corrected chi connectivity index (χ1v) is 10.5. The molecule has 140 valence electrons. The van der Waals surface area contributed by atoms with E-state index in [0.29, 0.717) is 20.7 Å². The molecule has 0 saturated carbocycles. The van der Waals surface area contributed by atoms with E-state index in [9.17, 15) is 9.18 Å². The summed E-state index contributed by atoms with van der Waals surface area (Å²) in [4.78, 5) is 15.6. The van der Waals surface area contributed by atoms with Gasteiger partial charge < -0.3 is 4.42 Å². The smallest absolute Gasteiger partial charge is 0.270 e. The minimum Gasteiger partial charge on any atom is -0.450 e. The molecule has 2 aromatic carbocycles. The summed E-state index contributed by atoms with van der Waals surface area (Å²) in [7, 11) is 0. The predicted molar refractivity (Wildman–Crippen MR) is 116 cm³/mol. The summed E-state index contributed by atoms with van der Waals surface area (Å²) in [6, 6.07) is 17.6. The standard InChI is InChI=1S/C20H11ClFNO2S3/c21-15-10-12(6-8-16(15)22)23-19(24)17(28-20(23)26)11-13-7-9-18(25-13)27-14-4-2-1-3-5-14/h1-11H. The zero-order chi connectivity index (χ0) is 19.7. The van der Waals surface area contributed by atoms with Gasteiger partial charge >= 0.3 is 0 Å². The molecule has 3 nitrogen and oxygen atoms in total. The fourth-order valence-corrected chi connectivity index (χ4v) is 4.77. The van der Waals surface area contributed by atoms with Gasteiger partial charge in [-0.15, -0.1) is 0 Å². The maximum atomic E-state index is 13.4. The number of benzene rings is 2. The lowest BCUT2D eigenvalue weighted by atomic mass is 10.2. The van der Waals surface area contributed by atoms with Crippen LogP contribution >= 0.6 is 47.3 Å². The maximum absolute atomic E-state index is 13.4. The highest BCUT2D eigenvalue weighted by molar-refractivity contribution is 8.27. The van der Waals surface area contributed by atoms with Crippen molar-refractivity contribution in [2.24, 2.45) is 0 Å². The molecule has 1 aliphatic rings. The van der Waals surface area contributed by atoms with Gasteiger partial charge in [0.25, 0.3) is 5.91 Å². The molecule has 0 radical (unpaired) electrons. The first-order valence-electron chi connectivity index (χ1n) is 8.07. The van der Waals surface area contributed by atoms with Gasteiger partial charge in [-0.1, -0.05) is 65.5 Å². The van der Waals surface area contributed by atoms with E-state index < -0.39 is 5.82 Å². The zero-order valence-electron chi connectivity index (χ0n) is 14.1. The highest BCUT2D eigenvalue weighted by atomic mass is 35.5. The Balaban J connectivity index is 1.55. The SMILES string of the molecule is O=C1C(=Cc2ccc(Sc3ccccc3)o2)SC(=S)N1c1ccc(F)c(Cl)c1. The molecule has 0 bridgehead atoms. The van der Waals surface area contributed by atoms with Crippen LogP contribution in [0.2, 0.25) is 5.02 Å². The summed E-state index contributed by atoms with van der Waals surface area (Å²) >= 11 is 13.8. The molecule has 1 aromatic heterocycles. The molecule has 0 aliphatic carbocycles. The number of thioether (sulfide) groups is 1. The summed E-state index contributed by atoms with van der Waals surface area (Å²) < 4.78 is 19.6. The normalized spacial score (nSPS) is 15.6. The second-order valence-electron chi connectivity index (χ2n) is 5.69. The van der Waals surface area contributed by atoms with Gasteiger partial charge in [-0.25, -0.2) is 4.39 Å². The molecule has 1 aliphatic heterocycles. The van der Waals surface area contributed by atoms with Crippen LogP contribution in [-0.2, 0) is 4.79 Å². The molecule has 2 heterocycles. The van der Waals surface area contributed by atoms with Crippen molar-refractivity contribution in [2.45, 2.75) is 9.99 Å². The first-order chi connectivity index (χ1) is 13.5. The third kappa shape index (κ3) is 4.03. The third-order valence-electron chi connectivity index (χ3n) is 3.79. The Bertz CT molecular complexity index is 1100. The Labute approximate surface area is 179 Å². The van der Waals surface area contributed by atoms with E-state index in [4.69, 9.17) is 28.2 Å². The van der Waals surface area contributed by atoms with Gasteiger partial charge in [-0.2, -0.15) is 0 Å². The van der Waals surface area contributed by atoms with Crippen molar-refractivity contribution in [1.82, 2.24) is 0 Å². The molecule has 1 fully saturated rings. The molecule has 0 unspecified atom stereocenters. The van der Waals surface area contributed by atoms with Crippen molar-refractivity contribution in [2.75, 3.05) is 4.90 Å². The van der Waals surface area contributed by atoms with Crippen molar-refractivity contribution < 1.29 is 13.6 Å². The monoisotopic (exact) mass is 447 g/mol. The molecule has 1 saturated heterocycles. The van der Waals surface area contributed by atoms with Gasteiger partial charge in [0.05, 0.1) is 15.6 Å². The van der Waals surface area contributed by atoms with Crippen molar-refractivity contribution in [3.05, 3.63) is 82.2 Å². The molecule has 4 rings (SSSR count). The van der Waals surface area contributed by atoms with E-state index >= 15 is 0 Å². The van der Waals surface area contributed by atoms with Gasteiger partial charge in [0.15, 0.2) is 9.41 Å². The summed E-state index contributed by atoms with van der Waals surface area (Å²) in [5.41, 5.74) is 0.428. The second kappa shape index (κ2) is 8.13. The fraction of sp³-hybridized carbons (Fsp3) is 0. The maximum Gasteiger partial charge on any atom is 0.270 e. The number of anilines is 1. The van der Waals surface area contributed by atoms with Gasteiger partial charge in [0.1, 0.15) is 11.6 Å². The Morgan fingerprint density at radius 2 is 1.93 bits per heavy atom. The third-order valence-corrected chi connectivity index (χ3v) is 6.31. The van der Waals surface area contributed by atoms with Crippen molar-refractivity contribution in [3.63, 3.8) is 0 Å².